The zero-order valence-electron chi connectivity index (χ0n) is 17.0. The molecule has 2 heterocycles. The van der Waals surface area contributed by atoms with Crippen LogP contribution in [0.25, 0.3) is 48.4 Å². The van der Waals surface area contributed by atoms with E-state index in [4.69, 9.17) is 19.7 Å². The van der Waals surface area contributed by atoms with Gasteiger partial charge >= 0.3 is 0 Å². The molecule has 10 heteroatoms. The normalized spacial score (nSPS) is 13.2. The van der Waals surface area contributed by atoms with Crippen LogP contribution >= 0.6 is 0 Å². The topological polar surface area (TPSA) is 136 Å². The van der Waals surface area contributed by atoms with E-state index in [1.165, 1.54) is 12.4 Å². The van der Waals surface area contributed by atoms with Crippen molar-refractivity contribution >= 4 is 17.2 Å². The fourth-order valence-electron chi connectivity index (χ4n) is 4.45. The lowest BCUT2D eigenvalue weighted by atomic mass is 9.92. The van der Waals surface area contributed by atoms with E-state index >= 15 is 0 Å². The summed E-state index contributed by atoms with van der Waals surface area (Å²) in [6.45, 7) is 22.6. The number of aromatic nitrogens is 4. The molecule has 2 aromatic heterocycles. The largest absolute Gasteiger partial charge is 0.359 e. The lowest BCUT2D eigenvalue weighted by molar-refractivity contribution is 1.05. The summed E-state index contributed by atoms with van der Waals surface area (Å²) in [6.07, 6.45) is 3.08. The molecule has 0 radical (unpaired) electrons. The monoisotopic (exact) mass is 434 g/mol. The zero-order chi connectivity index (χ0) is 24.0. The van der Waals surface area contributed by atoms with E-state index in [0.29, 0.717) is 50.2 Å². The van der Waals surface area contributed by atoms with Crippen LogP contribution in [0.3, 0.4) is 0 Å². The number of hydrogen-bond donors (Lipinski definition) is 0. The van der Waals surface area contributed by atoms with Gasteiger partial charge in [0.25, 0.3) is 17.2 Å². The van der Waals surface area contributed by atoms with Gasteiger partial charge in [-0.1, -0.05) is 6.57 Å². The molecule has 5 rings (SSSR count). The zero-order valence-corrected chi connectivity index (χ0v) is 17.0. The van der Waals surface area contributed by atoms with Crippen LogP contribution in [0.2, 0.25) is 0 Å². The molecular formula is C24H6N10. The van der Waals surface area contributed by atoms with Gasteiger partial charge in [-0.25, -0.2) is 25.2 Å². The Morgan fingerprint density at radius 1 is 0.794 bits per heavy atom. The Kier molecular flexibility index (Phi) is 4.31. The Bertz CT molecular complexity index is 1740. The lowest BCUT2D eigenvalue weighted by Crippen LogP contribution is -2.26. The summed E-state index contributed by atoms with van der Waals surface area (Å²) in [5.74, 6) is 0.0301. The van der Waals surface area contributed by atoms with Gasteiger partial charge in [-0.2, -0.15) is 5.26 Å². The minimum absolute atomic E-state index is 0.0301. The van der Waals surface area contributed by atoms with E-state index in [1.807, 2.05) is 18.2 Å². The maximum Gasteiger partial charge on any atom is 0.288 e. The number of rotatable bonds is 0. The molecule has 10 nitrogen and oxygen atoms in total. The average molecular weight is 434 g/mol. The Labute approximate surface area is 192 Å². The number of fused-ring (bicyclic) bond motifs is 6. The van der Waals surface area contributed by atoms with Gasteiger partial charge < -0.3 is 4.85 Å². The molecule has 34 heavy (non-hydrogen) atoms. The van der Waals surface area contributed by atoms with Crippen LogP contribution in [-0.2, 0) is 12.8 Å². The summed E-state index contributed by atoms with van der Waals surface area (Å²) in [5.41, 5.74) is 3.14. The van der Waals surface area contributed by atoms with Crippen molar-refractivity contribution in [3.8, 4) is 40.7 Å². The summed E-state index contributed by atoms with van der Waals surface area (Å²) < 4.78 is 0. The molecule has 0 saturated carbocycles. The van der Waals surface area contributed by atoms with Crippen molar-refractivity contribution in [1.29, 1.82) is 15.8 Å². The van der Waals surface area contributed by atoms with Gasteiger partial charge in [0.05, 0.1) is 54.8 Å². The molecule has 0 unspecified atom stereocenters. The summed E-state index contributed by atoms with van der Waals surface area (Å²) >= 11 is 0. The van der Waals surface area contributed by atoms with Crippen LogP contribution in [-0.4, -0.2) is 19.9 Å². The Morgan fingerprint density at radius 2 is 1.35 bits per heavy atom. The summed E-state index contributed by atoms with van der Waals surface area (Å²) in [6, 6.07) is 5.82. The van der Waals surface area contributed by atoms with Crippen molar-refractivity contribution < 1.29 is 0 Å². The third-order valence-corrected chi connectivity index (χ3v) is 5.69. The Balaban J connectivity index is 2.14. The molecule has 0 N–H and O–H groups in total. The van der Waals surface area contributed by atoms with Gasteiger partial charge in [0.15, 0.2) is 11.4 Å². The van der Waals surface area contributed by atoms with Gasteiger partial charge in [-0.3, -0.25) is 9.97 Å². The highest BCUT2D eigenvalue weighted by Gasteiger charge is 2.35. The first-order chi connectivity index (χ1) is 16.6. The van der Waals surface area contributed by atoms with E-state index in [0.717, 1.165) is 0 Å². The highest BCUT2D eigenvalue weighted by atomic mass is 14.9. The van der Waals surface area contributed by atoms with Gasteiger partial charge in [-0.15, -0.1) is 4.98 Å². The van der Waals surface area contributed by atoms with Crippen molar-refractivity contribution in [2.24, 2.45) is 0 Å². The van der Waals surface area contributed by atoms with Crippen molar-refractivity contribution in [1.82, 2.24) is 19.9 Å². The molecule has 0 aliphatic heterocycles. The lowest BCUT2D eigenvalue weighted by Gasteiger charge is -2.11. The van der Waals surface area contributed by atoms with Gasteiger partial charge in [-0.05, 0) is 11.1 Å². The molecule has 2 aliphatic rings. The second-order valence-corrected chi connectivity index (χ2v) is 7.25. The van der Waals surface area contributed by atoms with Crippen LogP contribution in [0.4, 0.5) is 5.82 Å². The average Bonchev–Trinajstić information content (AvgIpc) is 3.43. The van der Waals surface area contributed by atoms with Crippen LogP contribution in [0.5, 0.6) is 0 Å². The minimum atomic E-state index is -0.236. The highest BCUT2D eigenvalue weighted by Crippen LogP contribution is 2.38. The SMILES string of the molecule is [C-]#[N+]/C(C#N)=c1/c2c(/c(=C(\C#N)[N+]#[C-])c3c1Cc1ncc([N+]#[C-])nc1-3)-c1nc(C#N)cnc1C2. The Morgan fingerprint density at radius 3 is 1.88 bits per heavy atom. The standard InChI is InChI=1S/C24H6N10/c1-28-16(7-26)19-12-4-14-23(33-11(6-25)9-31-14)20(12)22(17(8-27)29-2)21-13(19)5-15-24(21)34-18(30-3)10-32-15/h9-10H,4-5H2/b19-16-,22-17-. The first-order valence-corrected chi connectivity index (χ1v) is 9.61. The molecule has 0 atom stereocenters. The highest BCUT2D eigenvalue weighted by molar-refractivity contribution is 5.91. The van der Waals surface area contributed by atoms with Crippen LogP contribution in [0, 0.1) is 53.7 Å². The number of benzene rings is 1. The molecule has 0 spiro atoms. The molecule has 0 bridgehead atoms. The fraction of sp³-hybridized carbons (Fsp3) is 0.0833. The molecule has 2 aliphatic carbocycles. The van der Waals surface area contributed by atoms with Crippen molar-refractivity contribution in [3.05, 3.63) is 85.3 Å². The second-order valence-electron chi connectivity index (χ2n) is 7.25. The second kappa shape index (κ2) is 7.33. The predicted octanol–water partition coefficient (Wildman–Crippen LogP) is 1.93. The first-order valence-electron chi connectivity index (χ1n) is 9.61. The molecule has 0 amide bonds. The molecule has 152 valence electrons. The Hall–Kier alpha value is -5.94. The quantitative estimate of drug-likeness (QED) is 0.340. The van der Waals surface area contributed by atoms with Crippen molar-refractivity contribution in [2.45, 2.75) is 12.8 Å². The van der Waals surface area contributed by atoms with E-state index in [1.54, 1.807) is 0 Å². The van der Waals surface area contributed by atoms with Crippen LogP contribution in [0.1, 0.15) is 28.2 Å². The van der Waals surface area contributed by atoms with Gasteiger partial charge in [0, 0.05) is 34.4 Å². The first kappa shape index (κ1) is 20.0. The molecule has 0 saturated heterocycles. The summed E-state index contributed by atoms with van der Waals surface area (Å²) in [7, 11) is 0. The van der Waals surface area contributed by atoms with E-state index < -0.39 is 0 Å². The molecule has 1 aromatic carbocycles. The van der Waals surface area contributed by atoms with Gasteiger partial charge in [0.2, 0.25) is 0 Å². The predicted molar refractivity (Wildman–Crippen MR) is 116 cm³/mol. The van der Waals surface area contributed by atoms with Crippen molar-refractivity contribution in [3.63, 3.8) is 0 Å². The molecule has 3 aromatic rings. The van der Waals surface area contributed by atoms with Crippen LogP contribution in [0.15, 0.2) is 12.4 Å². The van der Waals surface area contributed by atoms with E-state index in [2.05, 4.69) is 34.5 Å². The fourth-order valence-corrected chi connectivity index (χ4v) is 4.45. The molecular weight excluding hydrogens is 428 g/mol. The number of nitrogens with zero attached hydrogens (tertiary/aromatic N) is 10. The van der Waals surface area contributed by atoms with E-state index in [-0.39, 0.29) is 41.0 Å². The maximum absolute atomic E-state index is 9.83. The molecule has 0 fully saturated rings. The minimum Gasteiger partial charge on any atom is -0.359 e. The number of hydrogen-bond acceptors (Lipinski definition) is 7. The van der Waals surface area contributed by atoms with E-state index in [9.17, 15) is 15.8 Å². The maximum atomic E-state index is 9.83. The smallest absolute Gasteiger partial charge is 0.288 e. The third kappa shape index (κ3) is 2.55. The van der Waals surface area contributed by atoms with Gasteiger partial charge in [0.1, 0.15) is 6.07 Å². The van der Waals surface area contributed by atoms with Crippen molar-refractivity contribution in [2.75, 3.05) is 0 Å². The number of nitriles is 3. The summed E-state index contributed by atoms with van der Waals surface area (Å²) in [4.78, 5) is 27.6. The summed E-state index contributed by atoms with van der Waals surface area (Å²) in [5, 5.41) is 29.6. The van der Waals surface area contributed by atoms with Crippen LogP contribution < -0.4 is 10.4 Å². The third-order valence-electron chi connectivity index (χ3n) is 5.69.